The number of carbonyl (C=O) groups is 2. The third-order valence-corrected chi connectivity index (χ3v) is 6.38. The van der Waals surface area contributed by atoms with Crippen LogP contribution in [0.3, 0.4) is 0 Å². The lowest BCUT2D eigenvalue weighted by Crippen LogP contribution is -2.38. The first kappa shape index (κ1) is 18.2. The molecular weight excluding hydrogens is 344 g/mol. The van der Waals surface area contributed by atoms with Crippen molar-refractivity contribution < 1.29 is 9.59 Å². The van der Waals surface area contributed by atoms with E-state index in [2.05, 4.69) is 4.98 Å². The first-order valence-electron chi connectivity index (χ1n) is 10.2. The molecule has 2 amide bonds. The highest BCUT2D eigenvalue weighted by Gasteiger charge is 2.34. The fourth-order valence-electron chi connectivity index (χ4n) is 4.71. The van der Waals surface area contributed by atoms with Gasteiger partial charge in [0.25, 0.3) is 5.56 Å². The molecule has 0 bridgehead atoms. The molecule has 27 heavy (non-hydrogen) atoms. The summed E-state index contributed by atoms with van der Waals surface area (Å²) in [5.41, 5.74) is 1.33. The van der Waals surface area contributed by atoms with Gasteiger partial charge in [-0.2, -0.15) is 0 Å². The Morgan fingerprint density at radius 2 is 1.85 bits per heavy atom. The lowest BCUT2D eigenvalue weighted by atomic mass is 9.88. The van der Waals surface area contributed by atoms with Crippen molar-refractivity contribution in [2.45, 2.75) is 64.3 Å². The minimum atomic E-state index is -0.0877. The van der Waals surface area contributed by atoms with Gasteiger partial charge >= 0.3 is 0 Å². The van der Waals surface area contributed by atoms with Gasteiger partial charge in [-0.3, -0.25) is 14.4 Å². The van der Waals surface area contributed by atoms with E-state index < -0.39 is 0 Å². The van der Waals surface area contributed by atoms with Crippen LogP contribution >= 0.6 is 0 Å². The van der Waals surface area contributed by atoms with Crippen LogP contribution in [-0.2, 0) is 22.6 Å². The number of amides is 2. The van der Waals surface area contributed by atoms with Gasteiger partial charge in [-0.05, 0) is 25.7 Å². The number of carbonyl (C=O) groups excluding carboxylic acids is 2. The highest BCUT2D eigenvalue weighted by Crippen LogP contribution is 2.30. The standard InChI is InChI=1S/C20H28N4O3/c1-13(25)23-10-8-16-17(12-23)21-18(22-19(16)26)15-7-9-24(11-15)20(27)14-5-3-2-4-6-14/h14-15H,2-12H2,1H3,(H,21,22,26)/t15-/m0/s1. The number of H-pyrrole nitrogens is 1. The Labute approximate surface area is 159 Å². The SMILES string of the molecule is CC(=O)N1CCc2c(nc([C@H]3CCN(C(=O)C4CCCCC4)C3)[nH]c2=O)C1. The molecule has 7 nitrogen and oxygen atoms in total. The summed E-state index contributed by atoms with van der Waals surface area (Å²) in [6.07, 6.45) is 6.94. The minimum absolute atomic E-state index is 0.00871. The Morgan fingerprint density at radius 3 is 2.59 bits per heavy atom. The fraction of sp³-hybridized carbons (Fsp3) is 0.700. The molecule has 3 heterocycles. The quantitative estimate of drug-likeness (QED) is 0.854. The van der Waals surface area contributed by atoms with E-state index >= 15 is 0 Å². The Hall–Kier alpha value is -2.18. The summed E-state index contributed by atoms with van der Waals surface area (Å²) in [6.45, 7) is 3.89. The molecule has 1 aromatic heterocycles. The van der Waals surface area contributed by atoms with E-state index in [1.807, 2.05) is 4.90 Å². The lowest BCUT2D eigenvalue weighted by Gasteiger charge is -2.27. The van der Waals surface area contributed by atoms with Crippen molar-refractivity contribution in [1.29, 1.82) is 0 Å². The van der Waals surface area contributed by atoms with Crippen molar-refractivity contribution in [2.24, 2.45) is 5.92 Å². The third kappa shape index (κ3) is 3.64. The van der Waals surface area contributed by atoms with Crippen LogP contribution in [0.25, 0.3) is 0 Å². The zero-order valence-electron chi connectivity index (χ0n) is 16.0. The van der Waals surface area contributed by atoms with Gasteiger partial charge in [0, 0.05) is 44.0 Å². The number of rotatable bonds is 2. The van der Waals surface area contributed by atoms with E-state index in [4.69, 9.17) is 4.98 Å². The Morgan fingerprint density at radius 1 is 1.07 bits per heavy atom. The summed E-state index contributed by atoms with van der Waals surface area (Å²) in [7, 11) is 0. The zero-order valence-corrected chi connectivity index (χ0v) is 16.0. The van der Waals surface area contributed by atoms with Gasteiger partial charge in [-0.15, -0.1) is 0 Å². The van der Waals surface area contributed by atoms with Crippen LogP contribution in [0.1, 0.15) is 68.4 Å². The number of aromatic nitrogens is 2. The minimum Gasteiger partial charge on any atom is -0.342 e. The number of nitrogens with zero attached hydrogens (tertiary/aromatic N) is 3. The molecule has 0 unspecified atom stereocenters. The van der Waals surface area contributed by atoms with E-state index in [1.165, 1.54) is 6.42 Å². The average molecular weight is 372 g/mol. The number of nitrogens with one attached hydrogen (secondary N) is 1. The van der Waals surface area contributed by atoms with Gasteiger partial charge in [-0.1, -0.05) is 19.3 Å². The molecule has 3 aliphatic rings. The molecule has 1 saturated carbocycles. The number of hydrogen-bond donors (Lipinski definition) is 1. The summed E-state index contributed by atoms with van der Waals surface area (Å²) in [5, 5.41) is 0. The number of aromatic amines is 1. The normalized spacial score (nSPS) is 23.4. The van der Waals surface area contributed by atoms with Gasteiger partial charge in [0.15, 0.2) is 0 Å². The molecular formula is C20H28N4O3. The van der Waals surface area contributed by atoms with Crippen LogP contribution in [0, 0.1) is 5.92 Å². The van der Waals surface area contributed by atoms with Gasteiger partial charge in [0.05, 0.1) is 12.2 Å². The summed E-state index contributed by atoms with van der Waals surface area (Å²) in [6, 6.07) is 0. The molecule has 146 valence electrons. The highest BCUT2D eigenvalue weighted by molar-refractivity contribution is 5.79. The molecule has 1 saturated heterocycles. The van der Waals surface area contributed by atoms with Crippen molar-refractivity contribution >= 4 is 11.8 Å². The molecule has 0 aromatic carbocycles. The smallest absolute Gasteiger partial charge is 0.254 e. The molecule has 2 fully saturated rings. The second kappa shape index (κ2) is 7.44. The van der Waals surface area contributed by atoms with Crippen LogP contribution in [0.15, 0.2) is 4.79 Å². The van der Waals surface area contributed by atoms with E-state index in [9.17, 15) is 14.4 Å². The second-order valence-corrected chi connectivity index (χ2v) is 8.17. The van der Waals surface area contributed by atoms with E-state index in [0.29, 0.717) is 43.1 Å². The van der Waals surface area contributed by atoms with Crippen LogP contribution < -0.4 is 5.56 Å². The van der Waals surface area contributed by atoms with Crippen LogP contribution in [-0.4, -0.2) is 51.2 Å². The Kier molecular flexibility index (Phi) is 5.02. The third-order valence-electron chi connectivity index (χ3n) is 6.38. The zero-order chi connectivity index (χ0) is 19.0. The first-order chi connectivity index (χ1) is 13.0. The molecule has 1 aromatic rings. The van der Waals surface area contributed by atoms with Gasteiger partial charge in [0.1, 0.15) is 5.82 Å². The van der Waals surface area contributed by atoms with Crippen LogP contribution in [0.5, 0.6) is 0 Å². The molecule has 1 N–H and O–H groups in total. The maximum atomic E-state index is 12.8. The van der Waals surface area contributed by atoms with Crippen molar-refractivity contribution in [3.8, 4) is 0 Å². The van der Waals surface area contributed by atoms with Crippen LogP contribution in [0.4, 0.5) is 0 Å². The highest BCUT2D eigenvalue weighted by atomic mass is 16.2. The largest absolute Gasteiger partial charge is 0.342 e. The maximum Gasteiger partial charge on any atom is 0.254 e. The molecule has 4 rings (SSSR count). The van der Waals surface area contributed by atoms with Crippen molar-refractivity contribution in [3.05, 3.63) is 27.4 Å². The number of fused-ring (bicyclic) bond motifs is 1. The summed E-state index contributed by atoms with van der Waals surface area (Å²) >= 11 is 0. The summed E-state index contributed by atoms with van der Waals surface area (Å²) in [4.78, 5) is 48.3. The van der Waals surface area contributed by atoms with Crippen molar-refractivity contribution in [2.75, 3.05) is 19.6 Å². The molecule has 2 aliphatic heterocycles. The number of hydrogen-bond acceptors (Lipinski definition) is 4. The Bertz CT molecular complexity index is 797. The number of likely N-dealkylation sites (tertiary alicyclic amines) is 1. The molecule has 0 radical (unpaired) electrons. The maximum absolute atomic E-state index is 12.8. The van der Waals surface area contributed by atoms with E-state index in [1.54, 1.807) is 11.8 Å². The van der Waals surface area contributed by atoms with Crippen LogP contribution in [0.2, 0.25) is 0 Å². The monoisotopic (exact) mass is 372 g/mol. The van der Waals surface area contributed by atoms with E-state index in [-0.39, 0.29) is 29.2 Å². The molecule has 7 heteroatoms. The lowest BCUT2D eigenvalue weighted by molar-refractivity contribution is -0.135. The predicted molar refractivity (Wildman–Crippen MR) is 100 cm³/mol. The summed E-state index contributed by atoms with van der Waals surface area (Å²) < 4.78 is 0. The average Bonchev–Trinajstić information content (AvgIpc) is 3.17. The molecule has 1 aliphatic carbocycles. The second-order valence-electron chi connectivity index (χ2n) is 8.17. The Balaban J connectivity index is 1.49. The topological polar surface area (TPSA) is 86.4 Å². The summed E-state index contributed by atoms with van der Waals surface area (Å²) in [5.74, 6) is 1.21. The first-order valence-corrected chi connectivity index (χ1v) is 10.2. The van der Waals surface area contributed by atoms with Crippen molar-refractivity contribution in [3.63, 3.8) is 0 Å². The van der Waals surface area contributed by atoms with E-state index in [0.717, 1.165) is 38.6 Å². The fourth-order valence-corrected chi connectivity index (χ4v) is 4.71. The van der Waals surface area contributed by atoms with Gasteiger partial charge in [0.2, 0.25) is 11.8 Å². The van der Waals surface area contributed by atoms with Gasteiger partial charge in [-0.25, -0.2) is 4.98 Å². The molecule has 0 spiro atoms. The molecule has 1 atom stereocenters. The van der Waals surface area contributed by atoms with Crippen molar-refractivity contribution in [1.82, 2.24) is 19.8 Å². The van der Waals surface area contributed by atoms with Gasteiger partial charge < -0.3 is 14.8 Å². The predicted octanol–water partition coefficient (Wildman–Crippen LogP) is 1.57.